The first kappa shape index (κ1) is 22.5. The smallest absolute Gasteiger partial charge is 0.190 e. The van der Waals surface area contributed by atoms with Gasteiger partial charge in [-0.25, -0.2) is 8.78 Å². The van der Waals surface area contributed by atoms with E-state index in [0.29, 0.717) is 11.8 Å². The molecule has 4 rings (SSSR count). The molecule has 1 aliphatic rings. The maximum atomic E-state index is 14.3. The highest BCUT2D eigenvalue weighted by atomic mass is 19.1. The van der Waals surface area contributed by atoms with Gasteiger partial charge in [-0.2, -0.15) is 0 Å². The van der Waals surface area contributed by atoms with Crippen LogP contribution in [-0.4, -0.2) is 6.61 Å². The van der Waals surface area contributed by atoms with Gasteiger partial charge in [0.15, 0.2) is 17.4 Å². The van der Waals surface area contributed by atoms with Crippen LogP contribution in [0.4, 0.5) is 8.78 Å². The number of hydrogen-bond donors (Lipinski definition) is 0. The number of halogens is 2. The fourth-order valence-corrected chi connectivity index (χ4v) is 5.04. The Bertz CT molecular complexity index is 982. The van der Waals surface area contributed by atoms with E-state index in [-0.39, 0.29) is 18.3 Å². The van der Waals surface area contributed by atoms with Crippen molar-refractivity contribution in [1.82, 2.24) is 0 Å². The van der Waals surface area contributed by atoms with Crippen molar-refractivity contribution in [1.29, 1.82) is 0 Å². The zero-order valence-electron chi connectivity index (χ0n) is 19.0. The molecule has 3 heteroatoms. The minimum absolute atomic E-state index is 0.205. The molecule has 1 saturated carbocycles. The van der Waals surface area contributed by atoms with Crippen LogP contribution in [0.25, 0.3) is 0 Å². The van der Waals surface area contributed by atoms with Crippen LogP contribution >= 0.6 is 0 Å². The largest absolute Gasteiger partial charge is 0.488 e. The number of rotatable bonds is 7. The average Bonchev–Trinajstić information content (AvgIpc) is 2.82. The summed E-state index contributed by atoms with van der Waals surface area (Å²) in [7, 11) is 0. The Morgan fingerprint density at radius 2 is 1.38 bits per heavy atom. The van der Waals surface area contributed by atoms with Gasteiger partial charge >= 0.3 is 0 Å². The van der Waals surface area contributed by atoms with Gasteiger partial charge in [0.1, 0.15) is 0 Å². The molecule has 0 aliphatic heterocycles. The SMILES string of the molecule is CCOc1c(F)cc(C2CCC(c3ccc(CC(C)c4ccccc4)cc3)CC2)cc1F. The molecule has 1 atom stereocenters. The van der Waals surface area contributed by atoms with Gasteiger partial charge in [-0.1, -0.05) is 61.5 Å². The maximum Gasteiger partial charge on any atom is 0.190 e. The summed E-state index contributed by atoms with van der Waals surface area (Å²) < 4.78 is 33.6. The van der Waals surface area contributed by atoms with E-state index < -0.39 is 11.6 Å². The lowest BCUT2D eigenvalue weighted by atomic mass is 9.76. The van der Waals surface area contributed by atoms with E-state index in [1.165, 1.54) is 28.8 Å². The molecule has 0 aromatic heterocycles. The van der Waals surface area contributed by atoms with Crippen LogP contribution < -0.4 is 4.74 Å². The summed E-state index contributed by atoms with van der Waals surface area (Å²) in [5.41, 5.74) is 4.87. The van der Waals surface area contributed by atoms with Crippen LogP contribution in [0.2, 0.25) is 0 Å². The second-order valence-electron chi connectivity index (χ2n) is 9.05. The molecule has 0 amide bonds. The van der Waals surface area contributed by atoms with E-state index >= 15 is 0 Å². The molecule has 168 valence electrons. The number of benzene rings is 3. The lowest BCUT2D eigenvalue weighted by molar-refractivity contribution is 0.301. The fraction of sp³-hybridized carbons (Fsp3) is 0.379. The molecule has 1 nitrogen and oxygen atoms in total. The topological polar surface area (TPSA) is 9.23 Å². The van der Waals surface area contributed by atoms with Gasteiger partial charge in [0.2, 0.25) is 0 Å². The van der Waals surface area contributed by atoms with Gasteiger partial charge in [0.25, 0.3) is 0 Å². The van der Waals surface area contributed by atoms with Gasteiger partial charge in [-0.3, -0.25) is 0 Å². The van der Waals surface area contributed by atoms with Crippen LogP contribution in [0.5, 0.6) is 5.75 Å². The summed E-state index contributed by atoms with van der Waals surface area (Å²) in [5.74, 6) is -0.228. The first-order valence-corrected chi connectivity index (χ1v) is 11.8. The molecular formula is C29H32F2O. The van der Waals surface area contributed by atoms with Crippen molar-refractivity contribution in [3.05, 3.63) is 101 Å². The monoisotopic (exact) mass is 434 g/mol. The first-order chi connectivity index (χ1) is 15.5. The Kier molecular flexibility index (Phi) is 7.24. The molecule has 0 N–H and O–H groups in total. The third-order valence-corrected chi connectivity index (χ3v) is 6.87. The van der Waals surface area contributed by atoms with Crippen LogP contribution in [0, 0.1) is 11.6 Å². The van der Waals surface area contributed by atoms with Crippen molar-refractivity contribution in [2.24, 2.45) is 0 Å². The molecular weight excluding hydrogens is 402 g/mol. The minimum Gasteiger partial charge on any atom is -0.488 e. The summed E-state index contributed by atoms with van der Waals surface area (Å²) in [6, 6.07) is 22.6. The van der Waals surface area contributed by atoms with Crippen LogP contribution in [-0.2, 0) is 6.42 Å². The predicted molar refractivity (Wildman–Crippen MR) is 126 cm³/mol. The molecule has 1 unspecified atom stereocenters. The molecule has 0 heterocycles. The average molecular weight is 435 g/mol. The second kappa shape index (κ2) is 10.3. The van der Waals surface area contributed by atoms with E-state index in [1.54, 1.807) is 6.92 Å². The van der Waals surface area contributed by atoms with Gasteiger partial charge in [-0.15, -0.1) is 0 Å². The first-order valence-electron chi connectivity index (χ1n) is 11.8. The minimum atomic E-state index is -0.593. The second-order valence-corrected chi connectivity index (χ2v) is 9.05. The zero-order chi connectivity index (χ0) is 22.5. The predicted octanol–water partition coefficient (Wildman–Crippen LogP) is 8.15. The third kappa shape index (κ3) is 5.20. The molecule has 1 fully saturated rings. The van der Waals surface area contributed by atoms with E-state index in [2.05, 4.69) is 61.5 Å². The maximum absolute atomic E-state index is 14.3. The molecule has 32 heavy (non-hydrogen) atoms. The van der Waals surface area contributed by atoms with Crippen LogP contribution in [0.3, 0.4) is 0 Å². The molecule has 0 bridgehead atoms. The van der Waals surface area contributed by atoms with E-state index in [1.807, 2.05) is 0 Å². The Hall–Kier alpha value is -2.68. The summed E-state index contributed by atoms with van der Waals surface area (Å²) in [5, 5.41) is 0. The van der Waals surface area contributed by atoms with E-state index in [0.717, 1.165) is 37.7 Å². The molecule has 3 aromatic rings. The highest BCUT2D eigenvalue weighted by Gasteiger charge is 2.25. The molecule has 0 spiro atoms. The lowest BCUT2D eigenvalue weighted by Gasteiger charge is -2.29. The normalized spacial score (nSPS) is 19.5. The van der Waals surface area contributed by atoms with E-state index in [9.17, 15) is 8.78 Å². The third-order valence-electron chi connectivity index (χ3n) is 6.87. The molecule has 0 radical (unpaired) electrons. The summed E-state index contributed by atoms with van der Waals surface area (Å²) in [4.78, 5) is 0. The Balaban J connectivity index is 1.35. The quantitative estimate of drug-likeness (QED) is 0.364. The zero-order valence-corrected chi connectivity index (χ0v) is 19.0. The van der Waals surface area contributed by atoms with E-state index in [4.69, 9.17) is 4.74 Å². The van der Waals surface area contributed by atoms with Crippen molar-refractivity contribution in [3.63, 3.8) is 0 Å². The lowest BCUT2D eigenvalue weighted by Crippen LogP contribution is -2.13. The fourth-order valence-electron chi connectivity index (χ4n) is 5.04. The molecule has 3 aromatic carbocycles. The highest BCUT2D eigenvalue weighted by molar-refractivity contribution is 5.34. The molecule has 1 aliphatic carbocycles. The van der Waals surface area contributed by atoms with Crippen molar-refractivity contribution < 1.29 is 13.5 Å². The van der Waals surface area contributed by atoms with Crippen LogP contribution in [0.1, 0.15) is 79.5 Å². The Morgan fingerprint density at radius 3 is 1.94 bits per heavy atom. The molecule has 0 saturated heterocycles. The van der Waals surface area contributed by atoms with Crippen molar-refractivity contribution in [2.75, 3.05) is 6.61 Å². The Morgan fingerprint density at radius 1 is 0.812 bits per heavy atom. The van der Waals surface area contributed by atoms with Crippen molar-refractivity contribution in [2.45, 2.75) is 63.7 Å². The van der Waals surface area contributed by atoms with Gasteiger partial charge in [0, 0.05) is 0 Å². The summed E-state index contributed by atoms with van der Waals surface area (Å²) >= 11 is 0. The van der Waals surface area contributed by atoms with Crippen LogP contribution in [0.15, 0.2) is 66.7 Å². The van der Waals surface area contributed by atoms with Gasteiger partial charge in [-0.05, 0) is 91.2 Å². The summed E-state index contributed by atoms with van der Waals surface area (Å²) in [6.07, 6.45) is 5.02. The van der Waals surface area contributed by atoms with Crippen molar-refractivity contribution in [3.8, 4) is 5.75 Å². The van der Waals surface area contributed by atoms with Crippen molar-refractivity contribution >= 4 is 0 Å². The Labute approximate surface area is 190 Å². The number of hydrogen-bond acceptors (Lipinski definition) is 1. The highest BCUT2D eigenvalue weighted by Crippen LogP contribution is 2.41. The summed E-state index contributed by atoms with van der Waals surface area (Å²) in [6.45, 7) is 4.25. The number of ether oxygens (including phenoxy) is 1. The van der Waals surface area contributed by atoms with Gasteiger partial charge in [0.05, 0.1) is 6.61 Å². The van der Waals surface area contributed by atoms with Gasteiger partial charge < -0.3 is 4.74 Å². The standard InChI is InChI=1S/C29H32F2O/c1-3-32-29-27(30)18-26(19-28(29)31)25-15-13-24(14-16-25)23-11-9-21(10-12-23)17-20(2)22-7-5-4-6-8-22/h4-12,18-20,24-25H,3,13-17H2,1-2H3.